The fourth-order valence-electron chi connectivity index (χ4n) is 5.45. The van der Waals surface area contributed by atoms with Crippen LogP contribution in [-0.2, 0) is 32.7 Å². The Bertz CT molecular complexity index is 804. The van der Waals surface area contributed by atoms with E-state index in [0.29, 0.717) is 51.8 Å². The molecular formula is C22H33N5O4. The van der Waals surface area contributed by atoms with Gasteiger partial charge in [0.2, 0.25) is 11.8 Å². The monoisotopic (exact) mass is 431 g/mol. The smallest absolute Gasteiger partial charge is 0.225 e. The summed E-state index contributed by atoms with van der Waals surface area (Å²) in [5.74, 6) is 0.678. The van der Waals surface area contributed by atoms with E-state index in [1.807, 2.05) is 29.0 Å². The van der Waals surface area contributed by atoms with Gasteiger partial charge in [0.05, 0.1) is 38.5 Å². The molecule has 5 rings (SSSR count). The van der Waals surface area contributed by atoms with Crippen LogP contribution in [0.1, 0.15) is 31.2 Å². The van der Waals surface area contributed by atoms with Crippen LogP contribution in [0.25, 0.3) is 0 Å². The predicted molar refractivity (Wildman–Crippen MR) is 112 cm³/mol. The Balaban J connectivity index is 1.27. The van der Waals surface area contributed by atoms with Gasteiger partial charge < -0.3 is 19.7 Å². The third-order valence-electron chi connectivity index (χ3n) is 7.11. The van der Waals surface area contributed by atoms with Gasteiger partial charge in [0, 0.05) is 69.4 Å². The van der Waals surface area contributed by atoms with E-state index >= 15 is 0 Å². The van der Waals surface area contributed by atoms with Crippen molar-refractivity contribution in [3.05, 3.63) is 18.0 Å². The molecular weight excluding hydrogens is 398 g/mol. The molecule has 1 aromatic heterocycles. The Morgan fingerprint density at radius 2 is 2.03 bits per heavy atom. The second-order valence-electron chi connectivity index (χ2n) is 9.47. The first-order chi connectivity index (χ1) is 15.1. The van der Waals surface area contributed by atoms with Gasteiger partial charge in [-0.1, -0.05) is 0 Å². The van der Waals surface area contributed by atoms with Gasteiger partial charge in [-0.15, -0.1) is 0 Å². The lowest BCUT2D eigenvalue weighted by molar-refractivity contribution is -0.138. The average molecular weight is 432 g/mol. The third kappa shape index (κ3) is 4.78. The lowest BCUT2D eigenvalue weighted by atomic mass is 9.84. The zero-order valence-electron chi connectivity index (χ0n) is 18.2. The number of carbonyl (C=O) groups excluding carboxylic acids is 2. The molecule has 4 atom stereocenters. The molecule has 170 valence electrons. The van der Waals surface area contributed by atoms with Crippen molar-refractivity contribution in [2.24, 2.45) is 18.9 Å². The van der Waals surface area contributed by atoms with Crippen LogP contribution >= 0.6 is 0 Å². The van der Waals surface area contributed by atoms with Gasteiger partial charge in [0.1, 0.15) is 0 Å². The number of ether oxygens (including phenoxy) is 2. The van der Waals surface area contributed by atoms with Crippen molar-refractivity contribution in [1.29, 1.82) is 0 Å². The SMILES string of the molecule is Cn1cc(CN2C[C@@H](CC(=O)NC3CC3)[C@H]3[C@H](CC(=O)N4CCOCC4)OC[C@H]32)cn1. The number of fused-ring (bicyclic) bond motifs is 1. The van der Waals surface area contributed by atoms with Crippen molar-refractivity contribution < 1.29 is 19.1 Å². The second-order valence-corrected chi connectivity index (χ2v) is 9.47. The highest BCUT2D eigenvalue weighted by Crippen LogP contribution is 2.42. The summed E-state index contributed by atoms with van der Waals surface area (Å²) in [5.41, 5.74) is 1.16. The molecule has 0 unspecified atom stereocenters. The number of nitrogens with zero attached hydrogens (tertiary/aromatic N) is 4. The molecule has 0 spiro atoms. The van der Waals surface area contributed by atoms with Gasteiger partial charge in [0.15, 0.2) is 0 Å². The maximum atomic E-state index is 12.9. The van der Waals surface area contributed by atoms with Crippen molar-refractivity contribution in [3.63, 3.8) is 0 Å². The molecule has 3 saturated heterocycles. The molecule has 1 saturated carbocycles. The number of likely N-dealkylation sites (tertiary alicyclic amines) is 1. The van der Waals surface area contributed by atoms with Gasteiger partial charge in [-0.2, -0.15) is 5.10 Å². The van der Waals surface area contributed by atoms with Crippen LogP contribution in [-0.4, -0.2) is 89.0 Å². The van der Waals surface area contributed by atoms with Crippen molar-refractivity contribution in [2.75, 3.05) is 39.5 Å². The highest BCUT2D eigenvalue weighted by Gasteiger charge is 2.51. The zero-order chi connectivity index (χ0) is 21.4. The minimum absolute atomic E-state index is 0.127. The standard InChI is InChI=1S/C22H33N5O4/c1-25-11-15(10-23-25)12-27-13-16(8-20(28)24-17-2-3-17)22-18(27)14-31-19(22)9-21(29)26-4-6-30-7-5-26/h10-11,16-19,22H,2-9,12-14H2,1H3,(H,24,28)/t16-,18-,19+,22-/m1/s1. The van der Waals surface area contributed by atoms with Crippen LogP contribution < -0.4 is 5.32 Å². The van der Waals surface area contributed by atoms with E-state index in [1.54, 1.807) is 0 Å². The minimum atomic E-state index is -0.127. The summed E-state index contributed by atoms with van der Waals surface area (Å²) >= 11 is 0. The first kappa shape index (κ1) is 20.9. The number of aryl methyl sites for hydroxylation is 1. The molecule has 4 heterocycles. The molecule has 4 fully saturated rings. The number of morpholine rings is 1. The van der Waals surface area contributed by atoms with E-state index < -0.39 is 0 Å². The summed E-state index contributed by atoms with van der Waals surface area (Å²) in [5, 5.41) is 7.43. The summed E-state index contributed by atoms with van der Waals surface area (Å²) in [6.07, 6.45) is 6.90. The summed E-state index contributed by atoms with van der Waals surface area (Å²) in [7, 11) is 1.92. The number of rotatable bonds is 7. The molecule has 9 nitrogen and oxygen atoms in total. The lowest BCUT2D eigenvalue weighted by Gasteiger charge is -2.29. The molecule has 0 radical (unpaired) electrons. The minimum Gasteiger partial charge on any atom is -0.378 e. The van der Waals surface area contributed by atoms with Crippen LogP contribution in [0.5, 0.6) is 0 Å². The van der Waals surface area contributed by atoms with Crippen LogP contribution in [0, 0.1) is 11.8 Å². The summed E-state index contributed by atoms with van der Waals surface area (Å²) < 4.78 is 13.4. The fraction of sp³-hybridized carbons (Fsp3) is 0.773. The third-order valence-corrected chi connectivity index (χ3v) is 7.11. The number of carbonyl (C=O) groups is 2. The topological polar surface area (TPSA) is 88.9 Å². The Labute approximate surface area is 183 Å². The average Bonchev–Trinajstić information content (AvgIpc) is 3.16. The lowest BCUT2D eigenvalue weighted by Crippen LogP contribution is -2.43. The first-order valence-electron chi connectivity index (χ1n) is 11.5. The van der Waals surface area contributed by atoms with Gasteiger partial charge in [-0.25, -0.2) is 0 Å². The second kappa shape index (κ2) is 8.88. The maximum Gasteiger partial charge on any atom is 0.225 e. The van der Waals surface area contributed by atoms with E-state index in [9.17, 15) is 9.59 Å². The summed E-state index contributed by atoms with van der Waals surface area (Å²) in [6.45, 7) is 4.78. The molecule has 0 bridgehead atoms. The van der Waals surface area contributed by atoms with E-state index in [0.717, 1.165) is 31.5 Å². The fourth-order valence-corrected chi connectivity index (χ4v) is 5.45. The van der Waals surface area contributed by atoms with Crippen LogP contribution in [0.4, 0.5) is 0 Å². The van der Waals surface area contributed by atoms with Crippen LogP contribution in [0.2, 0.25) is 0 Å². The van der Waals surface area contributed by atoms with Crippen molar-refractivity contribution in [1.82, 2.24) is 24.9 Å². The van der Waals surface area contributed by atoms with Crippen molar-refractivity contribution in [2.45, 2.75) is 50.4 Å². The molecule has 0 aromatic carbocycles. The molecule has 1 N–H and O–H groups in total. The number of amides is 2. The van der Waals surface area contributed by atoms with E-state index in [2.05, 4.69) is 15.3 Å². The summed E-state index contributed by atoms with van der Waals surface area (Å²) in [6, 6.07) is 0.608. The van der Waals surface area contributed by atoms with Gasteiger partial charge in [-0.05, 0) is 18.8 Å². The molecule has 31 heavy (non-hydrogen) atoms. The number of nitrogens with one attached hydrogen (secondary N) is 1. The zero-order valence-corrected chi connectivity index (χ0v) is 18.2. The normalized spacial score (nSPS) is 31.1. The van der Waals surface area contributed by atoms with Crippen molar-refractivity contribution in [3.8, 4) is 0 Å². The first-order valence-corrected chi connectivity index (χ1v) is 11.5. The van der Waals surface area contributed by atoms with E-state index in [-0.39, 0.29) is 35.8 Å². The largest absolute Gasteiger partial charge is 0.378 e. The molecule has 2 amide bonds. The van der Waals surface area contributed by atoms with E-state index in [1.165, 1.54) is 0 Å². The number of hydrogen-bond acceptors (Lipinski definition) is 6. The Kier molecular flexibility index (Phi) is 5.99. The highest BCUT2D eigenvalue weighted by molar-refractivity contribution is 5.78. The molecule has 4 aliphatic rings. The van der Waals surface area contributed by atoms with E-state index in [4.69, 9.17) is 9.47 Å². The Morgan fingerprint density at radius 1 is 1.23 bits per heavy atom. The molecule has 1 aromatic rings. The quantitative estimate of drug-likeness (QED) is 0.661. The summed E-state index contributed by atoms with van der Waals surface area (Å²) in [4.78, 5) is 29.8. The number of hydrogen-bond donors (Lipinski definition) is 1. The molecule has 3 aliphatic heterocycles. The molecule has 9 heteroatoms. The van der Waals surface area contributed by atoms with Gasteiger partial charge >= 0.3 is 0 Å². The molecule has 1 aliphatic carbocycles. The van der Waals surface area contributed by atoms with Crippen molar-refractivity contribution >= 4 is 11.8 Å². The van der Waals surface area contributed by atoms with Gasteiger partial charge in [0.25, 0.3) is 0 Å². The highest BCUT2D eigenvalue weighted by atomic mass is 16.5. The number of aromatic nitrogens is 2. The van der Waals surface area contributed by atoms with Crippen LogP contribution in [0.15, 0.2) is 12.4 Å². The van der Waals surface area contributed by atoms with Gasteiger partial charge in [-0.3, -0.25) is 19.2 Å². The van der Waals surface area contributed by atoms with Crippen LogP contribution in [0.3, 0.4) is 0 Å². The Morgan fingerprint density at radius 3 is 2.74 bits per heavy atom. The predicted octanol–water partition coefficient (Wildman–Crippen LogP) is 0.153. The Hall–Kier alpha value is -1.97. The maximum absolute atomic E-state index is 12.9.